The van der Waals surface area contributed by atoms with E-state index in [2.05, 4.69) is 67.4 Å². The van der Waals surface area contributed by atoms with E-state index in [9.17, 15) is 4.79 Å². The maximum Gasteiger partial charge on any atom is 0.188 e. The van der Waals surface area contributed by atoms with Gasteiger partial charge in [0.15, 0.2) is 11.4 Å². The van der Waals surface area contributed by atoms with Gasteiger partial charge in [-0.2, -0.15) is 0 Å². The van der Waals surface area contributed by atoms with E-state index in [-0.39, 0.29) is 6.61 Å². The van der Waals surface area contributed by atoms with Crippen LogP contribution in [0.25, 0.3) is 0 Å². The Hall–Kier alpha value is -3.08. The largest absolute Gasteiger partial charge is 0.395 e. The lowest BCUT2D eigenvalue weighted by Gasteiger charge is -2.23. The van der Waals surface area contributed by atoms with E-state index >= 15 is 0 Å². The molecule has 0 saturated carbocycles. The number of anilines is 4. The molecule has 2 aromatic heterocycles. The molecule has 0 aliphatic carbocycles. The molecule has 0 spiro atoms. The van der Waals surface area contributed by atoms with Crippen LogP contribution in [0, 0.1) is 20.8 Å². The van der Waals surface area contributed by atoms with Crippen molar-refractivity contribution in [3.05, 3.63) is 52.3 Å². The number of nitrogens with zero attached hydrogens (tertiary/aromatic N) is 5. The minimum atomic E-state index is 0.192. The van der Waals surface area contributed by atoms with Gasteiger partial charge in [-0.25, -0.2) is 15.0 Å². The highest BCUT2D eigenvalue weighted by Crippen LogP contribution is 2.23. The normalized spacial score (nSPS) is 14.0. The summed E-state index contributed by atoms with van der Waals surface area (Å²) in [6.07, 6.45) is 3.36. The zero-order valence-electron chi connectivity index (χ0n) is 20.9. The Bertz CT molecular complexity index is 1080. The van der Waals surface area contributed by atoms with Gasteiger partial charge in [-0.3, -0.25) is 9.69 Å². The molecule has 1 aliphatic heterocycles. The van der Waals surface area contributed by atoms with Crippen LogP contribution in [-0.4, -0.2) is 77.6 Å². The summed E-state index contributed by atoms with van der Waals surface area (Å²) in [6, 6.07) is 8.21. The molecule has 188 valence electrons. The van der Waals surface area contributed by atoms with Gasteiger partial charge in [-0.05, 0) is 44.9 Å². The van der Waals surface area contributed by atoms with Crippen LogP contribution in [0.1, 0.15) is 33.0 Å². The van der Waals surface area contributed by atoms with E-state index < -0.39 is 0 Å². The maximum absolute atomic E-state index is 10.8. The highest BCUT2D eigenvalue weighted by atomic mass is 32.1. The summed E-state index contributed by atoms with van der Waals surface area (Å²) < 4.78 is 0. The van der Waals surface area contributed by atoms with Crippen LogP contribution in [0.4, 0.5) is 22.5 Å². The SMILES string of the molecule is CNc1c(C)cccc1C.Cc1nc(Nc2ncc(C=O)s2)cc(N2CCCN(CCO)CC2)n1. The van der Waals surface area contributed by atoms with E-state index in [4.69, 9.17) is 5.11 Å². The first-order chi connectivity index (χ1) is 16.9. The minimum absolute atomic E-state index is 0.192. The van der Waals surface area contributed by atoms with Crippen LogP contribution >= 0.6 is 11.3 Å². The summed E-state index contributed by atoms with van der Waals surface area (Å²) in [5.74, 6) is 2.24. The number of aromatic nitrogens is 3. The first-order valence-corrected chi connectivity index (χ1v) is 12.6. The molecule has 9 nitrogen and oxygen atoms in total. The second-order valence-corrected chi connectivity index (χ2v) is 9.45. The lowest BCUT2D eigenvalue weighted by Crippen LogP contribution is -2.32. The topological polar surface area (TPSA) is 107 Å². The van der Waals surface area contributed by atoms with Gasteiger partial charge in [-0.1, -0.05) is 29.5 Å². The average Bonchev–Trinajstić information content (AvgIpc) is 3.15. The summed E-state index contributed by atoms with van der Waals surface area (Å²) in [5, 5.41) is 16.1. The third-order valence-electron chi connectivity index (χ3n) is 5.76. The molecule has 0 bridgehead atoms. The molecule has 0 amide bonds. The number of nitrogens with one attached hydrogen (secondary N) is 2. The highest BCUT2D eigenvalue weighted by Gasteiger charge is 2.17. The first kappa shape index (κ1) is 26.5. The van der Waals surface area contributed by atoms with Crippen LogP contribution in [-0.2, 0) is 0 Å². The number of aliphatic hydroxyl groups is 1. The molecule has 3 heterocycles. The number of rotatable bonds is 7. The van der Waals surface area contributed by atoms with Gasteiger partial charge in [-0.15, -0.1) is 0 Å². The lowest BCUT2D eigenvalue weighted by atomic mass is 10.1. The zero-order chi connectivity index (χ0) is 25.2. The maximum atomic E-state index is 10.8. The Kier molecular flexibility index (Phi) is 9.95. The molecule has 35 heavy (non-hydrogen) atoms. The number of carbonyl (C=O) groups is 1. The van der Waals surface area contributed by atoms with Crippen molar-refractivity contribution in [2.24, 2.45) is 0 Å². The van der Waals surface area contributed by atoms with Crippen molar-refractivity contribution < 1.29 is 9.90 Å². The minimum Gasteiger partial charge on any atom is -0.395 e. The lowest BCUT2D eigenvalue weighted by molar-refractivity contribution is 0.112. The third kappa shape index (κ3) is 7.71. The van der Waals surface area contributed by atoms with Crippen LogP contribution in [0.5, 0.6) is 0 Å². The third-order valence-corrected chi connectivity index (χ3v) is 6.60. The predicted octanol–water partition coefficient (Wildman–Crippen LogP) is 3.65. The molecule has 0 radical (unpaired) electrons. The van der Waals surface area contributed by atoms with Crippen LogP contribution in [0.15, 0.2) is 30.5 Å². The molecule has 3 aromatic rings. The second kappa shape index (κ2) is 13.1. The van der Waals surface area contributed by atoms with Gasteiger partial charge < -0.3 is 20.6 Å². The fraction of sp³-hybridized carbons (Fsp3) is 0.440. The Morgan fingerprint density at radius 3 is 2.51 bits per heavy atom. The van der Waals surface area contributed by atoms with Gasteiger partial charge in [0.1, 0.15) is 17.5 Å². The monoisotopic (exact) mass is 497 g/mol. The number of para-hydroxylation sites is 1. The molecule has 1 aromatic carbocycles. The van der Waals surface area contributed by atoms with Crippen molar-refractivity contribution in [3.8, 4) is 0 Å². The van der Waals surface area contributed by atoms with E-state index in [1.807, 2.05) is 20.0 Å². The van der Waals surface area contributed by atoms with Crippen LogP contribution in [0.3, 0.4) is 0 Å². The van der Waals surface area contributed by atoms with Gasteiger partial charge in [0.25, 0.3) is 0 Å². The Morgan fingerprint density at radius 1 is 1.11 bits per heavy atom. The highest BCUT2D eigenvalue weighted by molar-refractivity contribution is 7.17. The molecule has 1 saturated heterocycles. The summed E-state index contributed by atoms with van der Waals surface area (Å²) in [5.41, 5.74) is 3.87. The van der Waals surface area contributed by atoms with E-state index in [1.165, 1.54) is 28.2 Å². The molecule has 3 N–H and O–H groups in total. The fourth-order valence-corrected chi connectivity index (χ4v) is 4.70. The Morgan fingerprint density at radius 2 is 1.89 bits per heavy atom. The number of aldehydes is 1. The van der Waals surface area contributed by atoms with Gasteiger partial charge in [0.05, 0.1) is 17.7 Å². The standard InChI is InChI=1S/C16H22N6O2S.C9H13N/c1-12-18-14(20-16-17-10-13(11-24)25-16)9-15(19-12)22-4-2-3-21(5-6-22)7-8-23;1-7-5-4-6-8(2)9(7)10-3/h9-11,23H,2-8H2,1H3,(H,17,18,19,20);4-6,10H,1-3H3. The van der Waals surface area contributed by atoms with E-state index in [1.54, 1.807) is 6.20 Å². The first-order valence-electron chi connectivity index (χ1n) is 11.8. The molecule has 0 unspecified atom stereocenters. The summed E-state index contributed by atoms with van der Waals surface area (Å²) in [4.78, 5) is 29.0. The van der Waals surface area contributed by atoms with Gasteiger partial charge in [0, 0.05) is 45.0 Å². The van der Waals surface area contributed by atoms with Gasteiger partial charge in [0.2, 0.25) is 0 Å². The number of β-amino-alcohol motifs (C(OH)–C–C–N with tert-alkyl or cyclic N) is 1. The Labute approximate surface area is 211 Å². The van der Waals surface area contributed by atoms with Crippen molar-refractivity contribution in [2.75, 3.05) is 61.9 Å². The average molecular weight is 498 g/mol. The molecule has 10 heteroatoms. The molecular weight excluding hydrogens is 462 g/mol. The van der Waals surface area contributed by atoms with E-state index in [0.717, 1.165) is 44.7 Å². The number of hydrogen-bond acceptors (Lipinski definition) is 10. The number of carbonyl (C=O) groups excluding carboxylic acids is 1. The van der Waals surface area contributed by atoms with Crippen molar-refractivity contribution in [1.29, 1.82) is 0 Å². The molecule has 4 rings (SSSR count). The zero-order valence-corrected chi connectivity index (χ0v) is 21.7. The summed E-state index contributed by atoms with van der Waals surface area (Å²) in [6.45, 7) is 10.7. The summed E-state index contributed by atoms with van der Waals surface area (Å²) in [7, 11) is 1.95. The molecular formula is C25H35N7O2S. The number of benzene rings is 1. The number of hydrogen-bond donors (Lipinski definition) is 3. The van der Waals surface area contributed by atoms with Crippen molar-refractivity contribution in [1.82, 2.24) is 19.9 Å². The Balaban J connectivity index is 0.000000287. The predicted molar refractivity (Wildman–Crippen MR) is 143 cm³/mol. The quantitative estimate of drug-likeness (QED) is 0.422. The fourth-order valence-electron chi connectivity index (χ4n) is 4.06. The van der Waals surface area contributed by atoms with Crippen LogP contribution in [0.2, 0.25) is 0 Å². The second-order valence-electron chi connectivity index (χ2n) is 8.39. The van der Waals surface area contributed by atoms with Crippen molar-refractivity contribution in [3.63, 3.8) is 0 Å². The van der Waals surface area contributed by atoms with Gasteiger partial charge >= 0.3 is 0 Å². The number of aliphatic hydroxyl groups excluding tert-OH is 1. The number of aryl methyl sites for hydroxylation is 3. The number of thiazole rings is 1. The molecule has 0 atom stereocenters. The summed E-state index contributed by atoms with van der Waals surface area (Å²) >= 11 is 1.29. The molecule has 1 aliphatic rings. The van der Waals surface area contributed by atoms with Crippen LogP contribution < -0.4 is 15.5 Å². The molecule has 1 fully saturated rings. The van der Waals surface area contributed by atoms with Crippen molar-refractivity contribution >= 4 is 40.1 Å². The van der Waals surface area contributed by atoms with E-state index in [0.29, 0.717) is 28.2 Å². The smallest absolute Gasteiger partial charge is 0.188 e. The van der Waals surface area contributed by atoms with Crippen molar-refractivity contribution in [2.45, 2.75) is 27.2 Å².